The average molecular weight is 223 g/mol. The SMILES string of the molecule is CN(C(=O)C(F)(F)F)C(=O)C(F)(F)F. The highest BCUT2D eigenvalue weighted by molar-refractivity contribution is 5.99. The van der Waals surface area contributed by atoms with Crippen LogP contribution in [-0.4, -0.2) is 36.1 Å². The molecule has 0 aliphatic carbocycles. The van der Waals surface area contributed by atoms with Crippen molar-refractivity contribution >= 4 is 11.8 Å². The molecule has 0 aromatic carbocycles. The van der Waals surface area contributed by atoms with Crippen molar-refractivity contribution in [3.63, 3.8) is 0 Å². The number of rotatable bonds is 0. The fourth-order valence-electron chi connectivity index (χ4n) is 0.473. The third-order valence-corrected chi connectivity index (χ3v) is 1.09. The second-order valence-corrected chi connectivity index (χ2v) is 2.16. The van der Waals surface area contributed by atoms with Crippen LogP contribution in [0.5, 0.6) is 0 Å². The second-order valence-electron chi connectivity index (χ2n) is 2.16. The minimum Gasteiger partial charge on any atom is -0.270 e. The molecule has 0 aromatic rings. The van der Waals surface area contributed by atoms with Gasteiger partial charge in [0.15, 0.2) is 0 Å². The molecule has 0 saturated carbocycles. The number of hydrogen-bond donors (Lipinski definition) is 0. The first-order valence-corrected chi connectivity index (χ1v) is 2.94. The Bertz CT molecular complexity index is 228. The average Bonchev–Trinajstić information content (AvgIpc) is 1.97. The van der Waals surface area contributed by atoms with Gasteiger partial charge in [-0.25, -0.2) is 0 Å². The second kappa shape index (κ2) is 3.46. The topological polar surface area (TPSA) is 37.4 Å². The first-order valence-electron chi connectivity index (χ1n) is 2.94. The number of carbonyl (C=O) groups is 2. The summed E-state index contributed by atoms with van der Waals surface area (Å²) in [5.41, 5.74) is 0. The van der Waals surface area contributed by atoms with Gasteiger partial charge >= 0.3 is 24.2 Å². The van der Waals surface area contributed by atoms with E-state index in [0.29, 0.717) is 0 Å². The van der Waals surface area contributed by atoms with Crippen molar-refractivity contribution in [1.82, 2.24) is 4.90 Å². The molecule has 14 heavy (non-hydrogen) atoms. The molecule has 0 aliphatic rings. The van der Waals surface area contributed by atoms with Crippen LogP contribution in [0.4, 0.5) is 26.3 Å². The molecule has 3 nitrogen and oxygen atoms in total. The van der Waals surface area contributed by atoms with E-state index in [0.717, 1.165) is 0 Å². The molecular weight excluding hydrogens is 220 g/mol. The Hall–Kier alpha value is -1.28. The Kier molecular flexibility index (Phi) is 3.15. The smallest absolute Gasteiger partial charge is 0.270 e. The molecule has 0 saturated heterocycles. The zero-order valence-corrected chi connectivity index (χ0v) is 6.53. The van der Waals surface area contributed by atoms with Gasteiger partial charge in [0.2, 0.25) is 0 Å². The molecule has 9 heteroatoms. The van der Waals surface area contributed by atoms with Crippen LogP contribution in [0.2, 0.25) is 0 Å². The normalized spacial score (nSPS) is 12.5. The third kappa shape index (κ3) is 2.89. The molecule has 2 amide bonds. The van der Waals surface area contributed by atoms with Crippen LogP contribution in [0.15, 0.2) is 0 Å². The lowest BCUT2D eigenvalue weighted by molar-refractivity contribution is -0.202. The monoisotopic (exact) mass is 223 g/mol. The molecule has 0 spiro atoms. The molecule has 0 bridgehead atoms. The van der Waals surface area contributed by atoms with Crippen molar-refractivity contribution in [2.45, 2.75) is 12.4 Å². The Morgan fingerprint density at radius 2 is 1.07 bits per heavy atom. The summed E-state index contributed by atoms with van der Waals surface area (Å²) in [7, 11) is 0.103. The first kappa shape index (κ1) is 12.7. The van der Waals surface area contributed by atoms with Crippen molar-refractivity contribution in [2.75, 3.05) is 7.05 Å². The molecule has 0 rings (SSSR count). The fraction of sp³-hybridized carbons (Fsp3) is 0.600. The quantitative estimate of drug-likeness (QED) is 0.576. The van der Waals surface area contributed by atoms with E-state index in [9.17, 15) is 35.9 Å². The van der Waals surface area contributed by atoms with Crippen LogP contribution >= 0.6 is 0 Å². The fourth-order valence-corrected chi connectivity index (χ4v) is 0.473. The van der Waals surface area contributed by atoms with E-state index >= 15 is 0 Å². The summed E-state index contributed by atoms with van der Waals surface area (Å²) in [5.74, 6) is -5.72. The minimum absolute atomic E-state index is 0.103. The summed E-state index contributed by atoms with van der Waals surface area (Å²) in [5, 5.41) is 0. The van der Waals surface area contributed by atoms with Gasteiger partial charge in [0, 0.05) is 7.05 Å². The van der Waals surface area contributed by atoms with E-state index in [4.69, 9.17) is 0 Å². The van der Waals surface area contributed by atoms with Crippen molar-refractivity contribution in [1.29, 1.82) is 0 Å². The number of imide groups is 1. The summed E-state index contributed by atoms with van der Waals surface area (Å²) < 4.78 is 69.2. The van der Waals surface area contributed by atoms with Crippen LogP contribution in [0.1, 0.15) is 0 Å². The van der Waals surface area contributed by atoms with Crippen LogP contribution in [0.25, 0.3) is 0 Å². The number of nitrogens with zero attached hydrogens (tertiary/aromatic N) is 1. The van der Waals surface area contributed by atoms with E-state index in [-0.39, 0.29) is 7.05 Å². The van der Waals surface area contributed by atoms with E-state index in [1.807, 2.05) is 0 Å². The molecule has 0 aromatic heterocycles. The predicted molar refractivity (Wildman–Crippen MR) is 29.9 cm³/mol. The van der Waals surface area contributed by atoms with Crippen LogP contribution in [-0.2, 0) is 9.59 Å². The van der Waals surface area contributed by atoms with E-state index in [1.54, 1.807) is 0 Å². The maximum absolute atomic E-state index is 11.5. The number of hydrogen-bond acceptors (Lipinski definition) is 2. The molecule has 82 valence electrons. The van der Waals surface area contributed by atoms with Crippen molar-refractivity contribution in [3.05, 3.63) is 0 Å². The molecule has 0 fully saturated rings. The minimum atomic E-state index is -5.50. The van der Waals surface area contributed by atoms with Gasteiger partial charge in [-0.3, -0.25) is 14.5 Å². The van der Waals surface area contributed by atoms with E-state index < -0.39 is 29.1 Å². The Morgan fingerprint density at radius 1 is 0.857 bits per heavy atom. The summed E-state index contributed by atoms with van der Waals surface area (Å²) in [6.07, 6.45) is -11.0. The van der Waals surface area contributed by atoms with Crippen molar-refractivity contribution in [2.24, 2.45) is 0 Å². The van der Waals surface area contributed by atoms with Gasteiger partial charge in [0.05, 0.1) is 0 Å². The number of carbonyl (C=O) groups excluding carboxylic acids is 2. The third-order valence-electron chi connectivity index (χ3n) is 1.09. The Labute approximate surface area is 73.3 Å². The molecule has 0 atom stereocenters. The first-order chi connectivity index (χ1) is 5.98. The van der Waals surface area contributed by atoms with Gasteiger partial charge in [-0.1, -0.05) is 0 Å². The van der Waals surface area contributed by atoms with Crippen molar-refractivity contribution in [3.8, 4) is 0 Å². The van der Waals surface area contributed by atoms with Gasteiger partial charge in [-0.15, -0.1) is 0 Å². The Morgan fingerprint density at radius 3 is 1.21 bits per heavy atom. The number of amides is 2. The van der Waals surface area contributed by atoms with Gasteiger partial charge in [-0.05, 0) is 0 Å². The van der Waals surface area contributed by atoms with Gasteiger partial charge in [0.25, 0.3) is 0 Å². The lowest BCUT2D eigenvalue weighted by Gasteiger charge is -2.17. The maximum Gasteiger partial charge on any atom is 0.471 e. The summed E-state index contributed by atoms with van der Waals surface area (Å²) in [4.78, 5) is 19.2. The molecule has 0 N–H and O–H groups in total. The molecule has 0 heterocycles. The summed E-state index contributed by atoms with van der Waals surface area (Å²) in [6, 6.07) is 0. The number of alkyl halides is 6. The largest absolute Gasteiger partial charge is 0.471 e. The van der Waals surface area contributed by atoms with Crippen LogP contribution < -0.4 is 0 Å². The Balaban J connectivity index is 4.74. The highest BCUT2D eigenvalue weighted by Crippen LogP contribution is 2.22. The standard InChI is InChI=1S/C5H3F6NO2/c1-12(2(13)4(6,7)8)3(14)5(9,10)11/h1H3. The highest BCUT2D eigenvalue weighted by Gasteiger charge is 2.50. The van der Waals surface area contributed by atoms with Crippen LogP contribution in [0, 0.1) is 0 Å². The molecule has 0 aliphatic heterocycles. The molecular formula is C5H3F6NO2. The molecule has 0 radical (unpaired) electrons. The summed E-state index contributed by atoms with van der Waals surface area (Å²) >= 11 is 0. The van der Waals surface area contributed by atoms with Crippen LogP contribution in [0.3, 0.4) is 0 Å². The lowest BCUT2D eigenvalue weighted by atomic mass is 10.4. The van der Waals surface area contributed by atoms with Gasteiger partial charge in [-0.2, -0.15) is 26.3 Å². The summed E-state index contributed by atoms with van der Waals surface area (Å²) in [6.45, 7) is 0. The van der Waals surface area contributed by atoms with Gasteiger partial charge < -0.3 is 0 Å². The zero-order valence-electron chi connectivity index (χ0n) is 6.53. The molecule has 0 unspecified atom stereocenters. The predicted octanol–water partition coefficient (Wildman–Crippen LogP) is 1.10. The van der Waals surface area contributed by atoms with E-state index in [2.05, 4.69) is 0 Å². The van der Waals surface area contributed by atoms with Gasteiger partial charge in [0.1, 0.15) is 0 Å². The number of halogens is 6. The van der Waals surface area contributed by atoms with E-state index in [1.165, 1.54) is 0 Å². The maximum atomic E-state index is 11.5. The lowest BCUT2D eigenvalue weighted by Crippen LogP contribution is -2.47. The van der Waals surface area contributed by atoms with Crippen molar-refractivity contribution < 1.29 is 35.9 Å². The zero-order chi connectivity index (χ0) is 11.7. The highest BCUT2D eigenvalue weighted by atomic mass is 19.4.